The molecule has 1 aliphatic heterocycles. The number of hydrogen-bond acceptors (Lipinski definition) is 2. The minimum atomic E-state index is -0.231. The van der Waals surface area contributed by atoms with Gasteiger partial charge in [-0.3, -0.25) is 0 Å². The molecule has 1 aliphatic rings. The van der Waals surface area contributed by atoms with Crippen LogP contribution in [-0.2, 0) is 4.74 Å². The number of hydrogen-bond donors (Lipinski definition) is 1. The number of ether oxygens (including phenoxy) is 1. The predicted octanol–water partition coefficient (Wildman–Crippen LogP) is 1.85. The van der Waals surface area contributed by atoms with Crippen molar-refractivity contribution in [1.82, 2.24) is 0 Å². The topological polar surface area (TPSA) is 29.5 Å². The molecule has 0 aromatic carbocycles. The van der Waals surface area contributed by atoms with Gasteiger partial charge in [0.25, 0.3) is 0 Å². The second kappa shape index (κ2) is 5.77. The van der Waals surface area contributed by atoms with Crippen molar-refractivity contribution in [1.29, 1.82) is 0 Å². The largest absolute Gasteiger partial charge is 0.393 e. The molecule has 1 saturated heterocycles. The van der Waals surface area contributed by atoms with E-state index < -0.39 is 0 Å². The fourth-order valence-corrected chi connectivity index (χ4v) is 2.29. The van der Waals surface area contributed by atoms with Crippen molar-refractivity contribution < 1.29 is 9.84 Å². The van der Waals surface area contributed by atoms with Gasteiger partial charge in [0.15, 0.2) is 0 Å². The van der Waals surface area contributed by atoms with E-state index in [4.69, 9.17) is 12.6 Å². The first-order valence-corrected chi connectivity index (χ1v) is 5.78. The molecule has 80 valence electrons. The summed E-state index contributed by atoms with van der Waals surface area (Å²) in [4.78, 5) is 0. The average Bonchev–Trinajstić information content (AvgIpc) is 2.27. The van der Waals surface area contributed by atoms with Crippen LogP contribution >= 0.6 is 0 Å². The minimum Gasteiger partial charge on any atom is -0.393 e. The maximum absolute atomic E-state index is 9.93. The first kappa shape index (κ1) is 12.1. The molecule has 4 unspecified atom stereocenters. The van der Waals surface area contributed by atoms with E-state index in [1.54, 1.807) is 0 Å². The summed E-state index contributed by atoms with van der Waals surface area (Å²) in [6.07, 6.45) is 4.53. The minimum absolute atomic E-state index is 0.150. The number of aliphatic hydroxyl groups is 1. The molecule has 2 nitrogen and oxygen atoms in total. The molecule has 0 spiro atoms. The molecular formula is C11H21BO2. The second-order valence-electron chi connectivity index (χ2n) is 4.22. The van der Waals surface area contributed by atoms with Gasteiger partial charge in [0, 0.05) is 11.9 Å². The van der Waals surface area contributed by atoms with Gasteiger partial charge in [-0.05, 0) is 25.7 Å². The van der Waals surface area contributed by atoms with Gasteiger partial charge in [-0.15, -0.1) is 0 Å². The summed E-state index contributed by atoms with van der Waals surface area (Å²) in [5.41, 5.74) is 0. The van der Waals surface area contributed by atoms with Crippen LogP contribution in [0.25, 0.3) is 0 Å². The van der Waals surface area contributed by atoms with Gasteiger partial charge in [-0.2, -0.15) is 0 Å². The molecule has 0 aliphatic carbocycles. The lowest BCUT2D eigenvalue weighted by atomic mass is 9.88. The predicted molar refractivity (Wildman–Crippen MR) is 58.3 cm³/mol. The zero-order chi connectivity index (χ0) is 10.6. The summed E-state index contributed by atoms with van der Waals surface area (Å²) >= 11 is 0. The van der Waals surface area contributed by atoms with E-state index in [0.717, 1.165) is 32.1 Å². The molecule has 1 fully saturated rings. The fraction of sp³-hybridized carbons (Fsp3) is 1.00. The van der Waals surface area contributed by atoms with Crippen LogP contribution in [0.1, 0.15) is 46.0 Å². The molecule has 0 aromatic rings. The van der Waals surface area contributed by atoms with Crippen LogP contribution in [0.4, 0.5) is 0 Å². The molecule has 0 amide bonds. The highest BCUT2D eigenvalue weighted by atomic mass is 16.5. The quantitative estimate of drug-likeness (QED) is 0.698. The third-order valence-electron chi connectivity index (χ3n) is 3.11. The Balaban J connectivity index is 2.63. The van der Waals surface area contributed by atoms with Crippen LogP contribution < -0.4 is 0 Å². The Morgan fingerprint density at radius 2 is 2.07 bits per heavy atom. The van der Waals surface area contributed by atoms with Gasteiger partial charge in [-0.1, -0.05) is 20.3 Å². The van der Waals surface area contributed by atoms with Crippen molar-refractivity contribution in [2.24, 2.45) is 5.92 Å². The fourth-order valence-electron chi connectivity index (χ4n) is 2.29. The number of rotatable bonds is 3. The highest BCUT2D eigenvalue weighted by Gasteiger charge is 2.31. The zero-order valence-corrected chi connectivity index (χ0v) is 9.28. The summed E-state index contributed by atoms with van der Waals surface area (Å²) in [6.45, 7) is 4.25. The maximum Gasteiger partial charge on any atom is 0.109 e. The summed E-state index contributed by atoms with van der Waals surface area (Å²) in [5, 5.41) is 9.93. The standard InChI is InChI=1S/C11H21BO2/c1-3-5-10-8(4-2)9(13)6-7-11(12)14-10/h8-11,13H,3-7H2,1-2H3. The smallest absolute Gasteiger partial charge is 0.109 e. The van der Waals surface area contributed by atoms with E-state index in [1.807, 2.05) is 0 Å². The van der Waals surface area contributed by atoms with Crippen molar-refractivity contribution >= 4 is 7.85 Å². The van der Waals surface area contributed by atoms with Crippen LogP contribution in [0.15, 0.2) is 0 Å². The van der Waals surface area contributed by atoms with Crippen molar-refractivity contribution in [2.75, 3.05) is 0 Å². The Morgan fingerprint density at radius 3 is 2.64 bits per heavy atom. The van der Waals surface area contributed by atoms with Crippen LogP contribution in [-0.4, -0.2) is 31.2 Å². The van der Waals surface area contributed by atoms with E-state index in [1.165, 1.54) is 0 Å². The van der Waals surface area contributed by atoms with Crippen molar-refractivity contribution in [3.63, 3.8) is 0 Å². The molecule has 0 saturated carbocycles. The first-order valence-electron chi connectivity index (χ1n) is 5.78. The van der Waals surface area contributed by atoms with Crippen molar-refractivity contribution in [2.45, 2.75) is 64.2 Å². The van der Waals surface area contributed by atoms with Gasteiger partial charge in [-0.25, -0.2) is 0 Å². The molecule has 1 rings (SSSR count). The first-order chi connectivity index (χ1) is 6.69. The van der Waals surface area contributed by atoms with E-state index in [-0.39, 0.29) is 24.1 Å². The van der Waals surface area contributed by atoms with E-state index in [2.05, 4.69) is 13.8 Å². The summed E-state index contributed by atoms with van der Waals surface area (Å²) < 4.78 is 5.74. The molecule has 4 atom stereocenters. The Hall–Kier alpha value is -0.0151. The monoisotopic (exact) mass is 196 g/mol. The Labute approximate surface area is 88.4 Å². The number of aliphatic hydroxyl groups excluding tert-OH is 1. The van der Waals surface area contributed by atoms with Crippen LogP contribution in [0.5, 0.6) is 0 Å². The van der Waals surface area contributed by atoms with Crippen molar-refractivity contribution in [3.8, 4) is 0 Å². The van der Waals surface area contributed by atoms with Crippen molar-refractivity contribution in [3.05, 3.63) is 0 Å². The van der Waals surface area contributed by atoms with Gasteiger partial charge in [0.1, 0.15) is 7.85 Å². The van der Waals surface area contributed by atoms with Crippen LogP contribution in [0, 0.1) is 5.92 Å². The molecule has 2 radical (unpaired) electrons. The van der Waals surface area contributed by atoms with E-state index in [9.17, 15) is 5.11 Å². The molecular weight excluding hydrogens is 175 g/mol. The summed E-state index contributed by atoms with van der Waals surface area (Å²) in [7, 11) is 5.80. The Kier molecular flexibility index (Phi) is 4.97. The maximum atomic E-state index is 9.93. The molecule has 14 heavy (non-hydrogen) atoms. The Morgan fingerprint density at radius 1 is 1.36 bits per heavy atom. The van der Waals surface area contributed by atoms with E-state index >= 15 is 0 Å². The molecule has 1 N–H and O–H groups in total. The lowest BCUT2D eigenvalue weighted by molar-refractivity contribution is -0.0295. The summed E-state index contributed by atoms with van der Waals surface area (Å²) in [5.74, 6) is 0.267. The molecule has 0 bridgehead atoms. The Bertz CT molecular complexity index is 163. The molecule has 0 aromatic heterocycles. The van der Waals surface area contributed by atoms with E-state index in [0.29, 0.717) is 0 Å². The average molecular weight is 196 g/mol. The molecule has 1 heterocycles. The molecule has 3 heteroatoms. The van der Waals surface area contributed by atoms with Gasteiger partial charge in [0.05, 0.1) is 12.2 Å². The van der Waals surface area contributed by atoms with Crippen LogP contribution in [0.2, 0.25) is 0 Å². The second-order valence-corrected chi connectivity index (χ2v) is 4.22. The zero-order valence-electron chi connectivity index (χ0n) is 9.28. The highest BCUT2D eigenvalue weighted by molar-refractivity contribution is 6.11. The SMILES string of the molecule is [B]C1CCC(O)C(CC)C(CCC)O1. The van der Waals surface area contributed by atoms with Gasteiger partial charge >= 0.3 is 0 Å². The third kappa shape index (κ3) is 2.99. The normalized spacial score (nSPS) is 39.4. The van der Waals surface area contributed by atoms with Gasteiger partial charge < -0.3 is 9.84 Å². The third-order valence-corrected chi connectivity index (χ3v) is 3.11. The lowest BCUT2D eigenvalue weighted by Gasteiger charge is -2.28. The summed E-state index contributed by atoms with van der Waals surface area (Å²) in [6, 6.07) is -0.183. The van der Waals surface area contributed by atoms with Gasteiger partial charge in [0.2, 0.25) is 0 Å². The highest BCUT2D eigenvalue weighted by Crippen LogP contribution is 2.28. The lowest BCUT2D eigenvalue weighted by Crippen LogP contribution is -2.32. The van der Waals surface area contributed by atoms with Crippen LogP contribution in [0.3, 0.4) is 0 Å².